The molecule has 29 heavy (non-hydrogen) atoms. The summed E-state index contributed by atoms with van der Waals surface area (Å²) < 4.78 is 10.9. The van der Waals surface area contributed by atoms with E-state index in [0.717, 1.165) is 32.0 Å². The van der Waals surface area contributed by atoms with E-state index in [1.54, 1.807) is 0 Å². The Morgan fingerprint density at radius 1 is 0.690 bits per heavy atom. The van der Waals surface area contributed by atoms with E-state index in [9.17, 15) is 10.5 Å². The monoisotopic (exact) mass is 408 g/mol. The van der Waals surface area contributed by atoms with Gasteiger partial charge in [-0.25, -0.2) is 0 Å². The van der Waals surface area contributed by atoms with Crippen molar-refractivity contribution in [2.45, 2.75) is 76.0 Å². The molecule has 0 aliphatic carbocycles. The van der Waals surface area contributed by atoms with Crippen LogP contribution in [-0.4, -0.2) is 0 Å². The lowest BCUT2D eigenvalue weighted by Gasteiger charge is -2.25. The second kappa shape index (κ2) is 8.39. The first-order valence-corrected chi connectivity index (χ1v) is 10.3. The molecule has 4 nitrogen and oxygen atoms in total. The second-order valence-corrected chi connectivity index (χ2v) is 10.4. The summed E-state index contributed by atoms with van der Waals surface area (Å²) in [4.78, 5) is 1.65. The van der Waals surface area contributed by atoms with Crippen molar-refractivity contribution >= 4 is 11.8 Å². The molecule has 0 saturated heterocycles. The van der Waals surface area contributed by atoms with Crippen molar-refractivity contribution in [1.82, 2.24) is 0 Å². The summed E-state index contributed by atoms with van der Waals surface area (Å²) >= 11 is 1.46. The predicted molar refractivity (Wildman–Crippen MR) is 116 cm³/mol. The molecule has 2 aromatic rings. The molecule has 152 valence electrons. The smallest absolute Gasteiger partial charge is 0.292 e. The van der Waals surface area contributed by atoms with Crippen LogP contribution in [0.3, 0.4) is 0 Å². The predicted octanol–water partition coefficient (Wildman–Crippen LogP) is 6.77. The normalized spacial score (nSPS) is 11.5. The van der Waals surface area contributed by atoms with Crippen molar-refractivity contribution in [3.8, 4) is 24.0 Å². The van der Waals surface area contributed by atoms with Crippen LogP contribution in [0.5, 0.6) is 11.5 Å². The third-order valence-electron chi connectivity index (χ3n) is 4.53. The van der Waals surface area contributed by atoms with Gasteiger partial charge in [-0.2, -0.15) is 0 Å². The van der Waals surface area contributed by atoms with Crippen molar-refractivity contribution in [2.24, 2.45) is 0 Å². The van der Waals surface area contributed by atoms with Gasteiger partial charge in [0, 0.05) is 11.1 Å². The Labute approximate surface area is 178 Å². The zero-order valence-corrected chi connectivity index (χ0v) is 19.2. The first-order chi connectivity index (χ1) is 13.4. The van der Waals surface area contributed by atoms with Gasteiger partial charge >= 0.3 is 0 Å². The van der Waals surface area contributed by atoms with Crippen LogP contribution in [-0.2, 0) is 10.8 Å². The van der Waals surface area contributed by atoms with Crippen LogP contribution in [0.25, 0.3) is 0 Å². The molecule has 0 N–H and O–H groups in total. The van der Waals surface area contributed by atoms with Gasteiger partial charge in [0.05, 0.1) is 9.79 Å². The second-order valence-electron chi connectivity index (χ2n) is 9.27. The Kier molecular flexibility index (Phi) is 6.56. The summed E-state index contributed by atoms with van der Waals surface area (Å²) in [5, 5.41) is 18.5. The minimum atomic E-state index is -0.192. The molecule has 5 heteroatoms. The molecule has 0 unspecified atom stereocenters. The molecule has 2 aromatic carbocycles. The van der Waals surface area contributed by atoms with Gasteiger partial charge in [0.2, 0.25) is 0 Å². The van der Waals surface area contributed by atoms with Gasteiger partial charge in [-0.1, -0.05) is 65.4 Å². The Balaban J connectivity index is 2.75. The van der Waals surface area contributed by atoms with E-state index in [4.69, 9.17) is 9.47 Å². The molecule has 0 aliphatic rings. The van der Waals surface area contributed by atoms with Gasteiger partial charge in [0.1, 0.15) is 0 Å². The molecule has 0 aromatic heterocycles. The van der Waals surface area contributed by atoms with E-state index in [-0.39, 0.29) is 10.8 Å². The van der Waals surface area contributed by atoms with Crippen LogP contribution in [0, 0.1) is 36.9 Å². The minimum Gasteiger partial charge on any atom is -0.387 e. The molecular weight excluding hydrogens is 380 g/mol. The molecule has 0 heterocycles. The van der Waals surface area contributed by atoms with Gasteiger partial charge in [0.25, 0.3) is 12.5 Å². The van der Waals surface area contributed by atoms with Crippen molar-refractivity contribution < 1.29 is 9.47 Å². The third-order valence-corrected chi connectivity index (χ3v) is 5.58. The van der Waals surface area contributed by atoms with E-state index >= 15 is 0 Å². The maximum Gasteiger partial charge on any atom is 0.292 e. The van der Waals surface area contributed by atoms with E-state index < -0.39 is 0 Å². The van der Waals surface area contributed by atoms with Crippen LogP contribution in [0.15, 0.2) is 34.1 Å². The number of nitrogens with zero attached hydrogens (tertiary/aromatic N) is 2. The topological polar surface area (TPSA) is 66.0 Å². The first kappa shape index (κ1) is 22.7. The van der Waals surface area contributed by atoms with Crippen LogP contribution >= 0.6 is 11.8 Å². The summed E-state index contributed by atoms with van der Waals surface area (Å²) in [6.45, 7) is 16.6. The van der Waals surface area contributed by atoms with Crippen LogP contribution < -0.4 is 9.47 Å². The standard InChI is InChI=1S/C24H28N2O2S/c1-15-9-17(23(3,4)5)21(27-13-25)19(11-15)29-20-12-16(2)10-18(24(6,7)8)22(20)28-14-26/h9-12H,1-8H3. The lowest BCUT2D eigenvalue weighted by molar-refractivity contribution is 0.460. The number of rotatable bonds is 4. The quantitative estimate of drug-likeness (QED) is 0.522. The molecule has 0 saturated carbocycles. The molecule has 0 bridgehead atoms. The van der Waals surface area contributed by atoms with Crippen molar-refractivity contribution in [3.63, 3.8) is 0 Å². The Bertz CT molecular complexity index is 918. The maximum atomic E-state index is 9.25. The molecule has 0 aliphatic heterocycles. The molecule has 2 rings (SSSR count). The van der Waals surface area contributed by atoms with Crippen molar-refractivity contribution in [3.05, 3.63) is 46.5 Å². The lowest BCUT2D eigenvalue weighted by atomic mass is 9.85. The van der Waals surface area contributed by atoms with Crippen LogP contribution in [0.1, 0.15) is 63.8 Å². The molecule has 0 spiro atoms. The molecule has 0 amide bonds. The number of nitriles is 2. The fraction of sp³-hybridized carbons (Fsp3) is 0.417. The van der Waals surface area contributed by atoms with Crippen LogP contribution in [0.4, 0.5) is 0 Å². The highest BCUT2D eigenvalue weighted by Gasteiger charge is 2.26. The van der Waals surface area contributed by atoms with E-state index in [0.29, 0.717) is 11.5 Å². The van der Waals surface area contributed by atoms with E-state index in [1.165, 1.54) is 11.8 Å². The number of hydrogen-bond donors (Lipinski definition) is 0. The fourth-order valence-electron chi connectivity index (χ4n) is 3.17. The van der Waals surface area contributed by atoms with Gasteiger partial charge < -0.3 is 9.47 Å². The summed E-state index contributed by atoms with van der Waals surface area (Å²) in [6, 6.07) is 8.12. The highest BCUT2D eigenvalue weighted by molar-refractivity contribution is 7.99. The summed E-state index contributed by atoms with van der Waals surface area (Å²) in [7, 11) is 0. The summed E-state index contributed by atoms with van der Waals surface area (Å²) in [5.41, 5.74) is 3.70. The Morgan fingerprint density at radius 2 is 1.03 bits per heavy atom. The lowest BCUT2D eigenvalue weighted by Crippen LogP contribution is -2.14. The number of benzene rings is 2. The summed E-state index contributed by atoms with van der Waals surface area (Å²) in [5.74, 6) is 1.11. The SMILES string of the molecule is Cc1cc(Sc2cc(C)cc(C(C)(C)C)c2OC#N)c(OC#N)c(C(C)(C)C)c1. The number of hydrogen-bond acceptors (Lipinski definition) is 5. The number of ether oxygens (including phenoxy) is 2. The highest BCUT2D eigenvalue weighted by atomic mass is 32.2. The molecule has 0 radical (unpaired) electrons. The zero-order chi connectivity index (χ0) is 22.0. The van der Waals surface area contributed by atoms with Gasteiger partial charge in [-0.15, -0.1) is 10.5 Å². The maximum absolute atomic E-state index is 9.25. The van der Waals surface area contributed by atoms with E-state index in [1.807, 2.05) is 38.5 Å². The summed E-state index contributed by atoms with van der Waals surface area (Å²) in [6.07, 6.45) is 3.66. The largest absolute Gasteiger partial charge is 0.387 e. The average molecular weight is 409 g/mol. The van der Waals surface area contributed by atoms with Gasteiger partial charge in [-0.05, 0) is 47.9 Å². The highest BCUT2D eigenvalue weighted by Crippen LogP contribution is 2.47. The minimum absolute atomic E-state index is 0.192. The van der Waals surface area contributed by atoms with E-state index in [2.05, 4.69) is 53.7 Å². The number of aryl methyl sites for hydroxylation is 2. The fourth-order valence-corrected chi connectivity index (χ4v) is 4.38. The first-order valence-electron chi connectivity index (χ1n) is 9.48. The third kappa shape index (κ3) is 5.25. The Morgan fingerprint density at radius 3 is 1.31 bits per heavy atom. The van der Waals surface area contributed by atoms with Crippen molar-refractivity contribution in [2.75, 3.05) is 0 Å². The van der Waals surface area contributed by atoms with Gasteiger partial charge in [0.15, 0.2) is 11.5 Å². The van der Waals surface area contributed by atoms with Gasteiger partial charge in [-0.3, -0.25) is 0 Å². The average Bonchev–Trinajstić information content (AvgIpc) is 2.57. The molecule has 0 fully saturated rings. The molecular formula is C24H28N2O2S. The zero-order valence-electron chi connectivity index (χ0n) is 18.4. The molecule has 0 atom stereocenters. The van der Waals surface area contributed by atoms with Crippen molar-refractivity contribution in [1.29, 1.82) is 10.5 Å². The Hall–Kier alpha value is -2.63. The van der Waals surface area contributed by atoms with Crippen LogP contribution in [0.2, 0.25) is 0 Å².